The van der Waals surface area contributed by atoms with E-state index >= 15 is 0 Å². The van der Waals surface area contributed by atoms with Crippen molar-refractivity contribution in [2.45, 2.75) is 0 Å². The van der Waals surface area contributed by atoms with Crippen molar-refractivity contribution in [3.8, 4) is 0 Å². The average Bonchev–Trinajstić information content (AvgIpc) is 2.57. The predicted octanol–water partition coefficient (Wildman–Crippen LogP) is 6.67. The molecule has 0 aliphatic heterocycles. The van der Waals surface area contributed by atoms with Crippen LogP contribution in [0.5, 0.6) is 0 Å². The lowest BCUT2D eigenvalue weighted by atomic mass is 9.93. The second kappa shape index (κ2) is 4.90. The van der Waals surface area contributed by atoms with Crippen LogP contribution in [0.4, 0.5) is 0 Å². The molecule has 0 heterocycles. The quantitative estimate of drug-likeness (QED) is 0.277. The maximum absolute atomic E-state index is 5.55. The maximum atomic E-state index is 5.55. The Morgan fingerprint density at radius 2 is 0.583 bits per heavy atom. The van der Waals surface area contributed by atoms with Crippen LogP contribution in [0.15, 0.2) is 48.5 Å². The predicted molar refractivity (Wildman–Crippen MR) is 109 cm³/mol. The zero-order valence-electron chi connectivity index (χ0n) is 12.3. The number of hydrogen-bond donors (Lipinski definition) is 0. The summed E-state index contributed by atoms with van der Waals surface area (Å²) in [6, 6.07) is 16.3. The summed E-state index contributed by atoms with van der Waals surface area (Å²) >= 11 is 22.2. The zero-order valence-corrected chi connectivity index (χ0v) is 15.5. The SMILES string of the molecule is S=c1ccc2c3c(ccc(=S)c1=3)c1ccc(=S)c3c(=S)ccc2c1=3. The van der Waals surface area contributed by atoms with E-state index in [9.17, 15) is 0 Å². The molecule has 4 aliphatic carbocycles. The molecule has 0 radical (unpaired) electrons. The van der Waals surface area contributed by atoms with Gasteiger partial charge in [-0.3, -0.25) is 0 Å². The highest BCUT2D eigenvalue weighted by atomic mass is 32.1. The minimum absolute atomic E-state index is 0.806. The van der Waals surface area contributed by atoms with E-state index in [-0.39, 0.29) is 0 Å². The van der Waals surface area contributed by atoms with Crippen molar-refractivity contribution in [3.05, 3.63) is 87.4 Å². The molecule has 0 saturated carbocycles. The van der Waals surface area contributed by atoms with Gasteiger partial charge in [-0.15, -0.1) is 0 Å². The molecule has 5 rings (SSSR count). The first-order valence-corrected chi connectivity index (χ1v) is 9.09. The van der Waals surface area contributed by atoms with Gasteiger partial charge in [0.25, 0.3) is 0 Å². The summed E-state index contributed by atoms with van der Waals surface area (Å²) in [5, 5.41) is 8.94. The van der Waals surface area contributed by atoms with Crippen molar-refractivity contribution in [1.82, 2.24) is 0 Å². The smallest absolute Gasteiger partial charge is 0.0470 e. The molecule has 4 heteroatoms. The summed E-state index contributed by atoms with van der Waals surface area (Å²) in [5.74, 6) is 0. The Hall–Kier alpha value is -1.72. The third kappa shape index (κ3) is 1.72. The molecule has 0 unspecified atom stereocenters. The first kappa shape index (κ1) is 14.6. The molecule has 4 aliphatic rings. The van der Waals surface area contributed by atoms with E-state index in [1.807, 2.05) is 24.3 Å². The Kier molecular flexibility index (Phi) is 2.98. The van der Waals surface area contributed by atoms with Crippen LogP contribution in [-0.2, 0) is 0 Å². The normalized spacial score (nSPS) is 12.0. The fourth-order valence-corrected chi connectivity index (χ4v) is 5.01. The fourth-order valence-electron chi connectivity index (χ4n) is 3.77. The Labute approximate surface area is 157 Å². The van der Waals surface area contributed by atoms with Gasteiger partial charge in [0.2, 0.25) is 0 Å². The number of hydrogen-bond acceptors (Lipinski definition) is 4. The van der Waals surface area contributed by atoms with Gasteiger partial charge in [-0.1, -0.05) is 73.1 Å². The summed E-state index contributed by atoms with van der Waals surface area (Å²) in [4.78, 5) is 0. The molecule has 0 amide bonds. The van der Waals surface area contributed by atoms with Crippen LogP contribution in [0, 0.1) is 38.9 Å². The van der Waals surface area contributed by atoms with Crippen LogP contribution in [0.25, 0.3) is 21.5 Å². The summed E-state index contributed by atoms with van der Waals surface area (Å²) in [6.45, 7) is 0. The van der Waals surface area contributed by atoms with Crippen molar-refractivity contribution in [2.75, 3.05) is 0 Å². The molecule has 0 fully saturated rings. The van der Waals surface area contributed by atoms with Gasteiger partial charge >= 0.3 is 0 Å². The molecule has 0 N–H and O–H groups in total. The molecule has 0 aromatic heterocycles. The molecule has 0 spiro atoms. The summed E-state index contributed by atoms with van der Waals surface area (Å²) < 4.78 is 3.22. The minimum Gasteiger partial charge on any atom is -0.0794 e. The van der Waals surface area contributed by atoms with Crippen molar-refractivity contribution >= 4 is 70.4 Å². The topological polar surface area (TPSA) is 0 Å². The van der Waals surface area contributed by atoms with Crippen molar-refractivity contribution in [1.29, 1.82) is 0 Å². The van der Waals surface area contributed by atoms with E-state index in [1.165, 1.54) is 0 Å². The zero-order chi connectivity index (χ0) is 16.6. The Morgan fingerprint density at radius 3 is 0.833 bits per heavy atom. The molecule has 0 saturated heterocycles. The number of benzene rings is 1. The van der Waals surface area contributed by atoms with Gasteiger partial charge in [-0.05, 0) is 45.8 Å². The van der Waals surface area contributed by atoms with Crippen LogP contribution >= 0.6 is 48.9 Å². The summed E-state index contributed by atoms with van der Waals surface area (Å²) in [5.41, 5.74) is 0. The van der Waals surface area contributed by atoms with E-state index in [0.29, 0.717) is 0 Å². The van der Waals surface area contributed by atoms with Gasteiger partial charge in [0.15, 0.2) is 0 Å². The highest BCUT2D eigenvalue weighted by molar-refractivity contribution is 7.72. The lowest BCUT2D eigenvalue weighted by molar-refractivity contribution is 1.46. The molecule has 0 nitrogen and oxygen atoms in total. The van der Waals surface area contributed by atoms with Crippen LogP contribution in [-0.4, -0.2) is 0 Å². The van der Waals surface area contributed by atoms with Crippen LogP contribution in [0.1, 0.15) is 0 Å². The molecule has 112 valence electrons. The van der Waals surface area contributed by atoms with Gasteiger partial charge in [0.1, 0.15) is 0 Å². The van der Waals surface area contributed by atoms with Crippen LogP contribution < -0.4 is 0 Å². The second-order valence-electron chi connectivity index (χ2n) is 5.95. The van der Waals surface area contributed by atoms with Gasteiger partial charge in [0, 0.05) is 38.9 Å². The Morgan fingerprint density at radius 1 is 0.333 bits per heavy atom. The van der Waals surface area contributed by atoms with Gasteiger partial charge < -0.3 is 0 Å². The van der Waals surface area contributed by atoms with Gasteiger partial charge in [-0.25, -0.2) is 0 Å². The van der Waals surface area contributed by atoms with Gasteiger partial charge in [-0.2, -0.15) is 0 Å². The summed E-state index contributed by atoms with van der Waals surface area (Å²) in [7, 11) is 0. The van der Waals surface area contributed by atoms with Crippen molar-refractivity contribution in [3.63, 3.8) is 0 Å². The maximum Gasteiger partial charge on any atom is 0.0470 e. The molecule has 1 aromatic carbocycles. The van der Waals surface area contributed by atoms with E-state index in [2.05, 4.69) is 24.3 Å². The average molecular weight is 377 g/mol. The lowest BCUT2D eigenvalue weighted by Gasteiger charge is -2.11. The Bertz CT molecular complexity index is 1380. The van der Waals surface area contributed by atoms with E-state index in [1.54, 1.807) is 0 Å². The second-order valence-corrected chi connectivity index (χ2v) is 7.70. The van der Waals surface area contributed by atoms with Crippen molar-refractivity contribution < 1.29 is 0 Å². The molecule has 0 atom stereocenters. The standard InChI is InChI=1S/C20H8S4/c21-13-5-1-9-10-2-6-15(23)20-16(24)8-4-12(18(10)20)11-3-7-14(22)19(13)17(9)11/h1-8H. The molecule has 0 bridgehead atoms. The van der Waals surface area contributed by atoms with E-state index < -0.39 is 0 Å². The lowest BCUT2D eigenvalue weighted by Crippen LogP contribution is -1.92. The first-order valence-electron chi connectivity index (χ1n) is 7.46. The molecule has 1 aromatic rings. The first-order chi connectivity index (χ1) is 11.6. The fraction of sp³-hybridized carbons (Fsp3) is 0. The highest BCUT2D eigenvalue weighted by Gasteiger charge is 2.11. The van der Waals surface area contributed by atoms with Crippen molar-refractivity contribution in [2.24, 2.45) is 0 Å². The third-order valence-corrected chi connectivity index (χ3v) is 6.11. The van der Waals surface area contributed by atoms with E-state index in [4.69, 9.17) is 48.9 Å². The molecular weight excluding hydrogens is 368 g/mol. The van der Waals surface area contributed by atoms with Crippen LogP contribution in [0.3, 0.4) is 0 Å². The highest BCUT2D eigenvalue weighted by Crippen LogP contribution is 2.31. The summed E-state index contributed by atoms with van der Waals surface area (Å²) in [6.07, 6.45) is 0. The van der Waals surface area contributed by atoms with Crippen LogP contribution in [0.2, 0.25) is 0 Å². The number of rotatable bonds is 0. The minimum atomic E-state index is 0.806. The van der Waals surface area contributed by atoms with Gasteiger partial charge in [0.05, 0.1) is 0 Å². The van der Waals surface area contributed by atoms with E-state index in [0.717, 1.165) is 60.5 Å². The largest absolute Gasteiger partial charge is 0.0794 e. The molecule has 24 heavy (non-hydrogen) atoms. The Balaban J connectivity index is 2.48. The number of fused-ring (bicyclic) bond motifs is 2. The molecular formula is C20H8S4. The third-order valence-electron chi connectivity index (χ3n) is 4.75. The monoisotopic (exact) mass is 376 g/mol.